The Morgan fingerprint density at radius 2 is 1.81 bits per heavy atom. The number of benzene rings is 2. The summed E-state index contributed by atoms with van der Waals surface area (Å²) >= 11 is 4.91. The highest BCUT2D eigenvalue weighted by Gasteiger charge is 2.02. The van der Waals surface area contributed by atoms with Crippen molar-refractivity contribution in [3.05, 3.63) is 59.9 Å². The minimum atomic E-state index is -0.359. The lowest BCUT2D eigenvalue weighted by Gasteiger charge is -2.09. The Kier molecular flexibility index (Phi) is 5.51. The quantitative estimate of drug-likeness (QED) is 0.629. The maximum atomic E-state index is 13.3. The molecule has 0 fully saturated rings. The largest absolute Gasteiger partial charge is 0.493 e. The summed E-state index contributed by atoms with van der Waals surface area (Å²) in [6.45, 7) is 0.852. The van der Waals surface area contributed by atoms with E-state index >= 15 is 0 Å². The third kappa shape index (κ3) is 4.72. The average molecular weight is 305 g/mol. The Morgan fingerprint density at radius 1 is 1.05 bits per heavy atom. The van der Waals surface area contributed by atoms with Gasteiger partial charge in [0, 0.05) is 12.0 Å². The number of hydrogen-bond donors (Lipinski definition) is 1. The van der Waals surface area contributed by atoms with Crippen LogP contribution in [0.5, 0.6) is 11.5 Å². The van der Waals surface area contributed by atoms with Crippen molar-refractivity contribution >= 4 is 17.2 Å². The summed E-state index contributed by atoms with van der Waals surface area (Å²) in [5, 5.41) is 0. The summed E-state index contributed by atoms with van der Waals surface area (Å²) in [5.74, 6) is 0.599. The molecular weight excluding hydrogens is 289 g/mol. The lowest BCUT2D eigenvalue weighted by Crippen LogP contribution is -2.10. The SMILES string of the molecule is NC(=S)c1cccc(OCCCOc2ccccc2F)c1. The zero-order valence-electron chi connectivity index (χ0n) is 11.4. The van der Waals surface area contributed by atoms with Gasteiger partial charge in [0.05, 0.1) is 13.2 Å². The molecule has 0 aliphatic carbocycles. The van der Waals surface area contributed by atoms with Gasteiger partial charge in [0.2, 0.25) is 0 Å². The van der Waals surface area contributed by atoms with E-state index in [1.54, 1.807) is 24.3 Å². The van der Waals surface area contributed by atoms with Gasteiger partial charge in [0.25, 0.3) is 0 Å². The van der Waals surface area contributed by atoms with E-state index in [0.717, 1.165) is 5.56 Å². The summed E-state index contributed by atoms with van der Waals surface area (Å²) < 4.78 is 24.2. The number of rotatable bonds is 7. The first-order chi connectivity index (χ1) is 10.2. The maximum Gasteiger partial charge on any atom is 0.165 e. The highest BCUT2D eigenvalue weighted by Crippen LogP contribution is 2.16. The second kappa shape index (κ2) is 7.59. The molecule has 0 spiro atoms. The van der Waals surface area contributed by atoms with Crippen LogP contribution in [0.15, 0.2) is 48.5 Å². The van der Waals surface area contributed by atoms with Gasteiger partial charge in [0.15, 0.2) is 11.6 Å². The fraction of sp³-hybridized carbons (Fsp3) is 0.188. The molecule has 0 amide bonds. The van der Waals surface area contributed by atoms with Crippen LogP contribution in [0.4, 0.5) is 4.39 Å². The first kappa shape index (κ1) is 15.3. The highest BCUT2D eigenvalue weighted by molar-refractivity contribution is 7.80. The van der Waals surface area contributed by atoms with Gasteiger partial charge in [0.1, 0.15) is 10.7 Å². The highest BCUT2D eigenvalue weighted by atomic mass is 32.1. The fourth-order valence-electron chi connectivity index (χ4n) is 1.73. The van der Waals surface area contributed by atoms with E-state index in [0.29, 0.717) is 30.4 Å². The Morgan fingerprint density at radius 3 is 2.57 bits per heavy atom. The van der Waals surface area contributed by atoms with Crippen molar-refractivity contribution in [2.75, 3.05) is 13.2 Å². The van der Waals surface area contributed by atoms with Gasteiger partial charge in [-0.1, -0.05) is 36.5 Å². The van der Waals surface area contributed by atoms with Gasteiger partial charge < -0.3 is 15.2 Å². The van der Waals surface area contributed by atoms with Gasteiger partial charge in [-0.2, -0.15) is 0 Å². The molecule has 0 aliphatic rings. The number of hydrogen-bond acceptors (Lipinski definition) is 3. The van der Waals surface area contributed by atoms with E-state index in [4.69, 9.17) is 27.4 Å². The molecular formula is C16H16FNO2S. The molecule has 0 atom stereocenters. The number of para-hydroxylation sites is 1. The number of halogens is 1. The van der Waals surface area contributed by atoms with Gasteiger partial charge in [-0.15, -0.1) is 0 Å². The zero-order valence-corrected chi connectivity index (χ0v) is 12.2. The summed E-state index contributed by atoms with van der Waals surface area (Å²) in [5.41, 5.74) is 6.33. The summed E-state index contributed by atoms with van der Waals surface area (Å²) in [6, 6.07) is 13.6. The Bertz CT molecular complexity index is 619. The van der Waals surface area contributed by atoms with E-state index < -0.39 is 0 Å². The second-order valence-corrected chi connectivity index (χ2v) is 4.81. The summed E-state index contributed by atoms with van der Waals surface area (Å²) in [7, 11) is 0. The standard InChI is InChI=1S/C16H16FNO2S/c17-14-7-1-2-8-15(14)20-10-4-9-19-13-6-3-5-12(11-13)16(18)21/h1-3,5-8,11H,4,9-10H2,(H2,18,21). The fourth-order valence-corrected chi connectivity index (χ4v) is 1.86. The lowest BCUT2D eigenvalue weighted by atomic mass is 10.2. The molecule has 3 nitrogen and oxygen atoms in total. The number of thiocarbonyl (C=S) groups is 1. The normalized spacial score (nSPS) is 10.1. The molecule has 2 N–H and O–H groups in total. The van der Waals surface area contributed by atoms with Crippen LogP contribution in [0.3, 0.4) is 0 Å². The van der Waals surface area contributed by atoms with Crippen molar-refractivity contribution in [2.24, 2.45) is 5.73 Å². The number of nitrogens with two attached hydrogens (primary N) is 1. The number of ether oxygens (including phenoxy) is 2. The molecule has 0 saturated heterocycles. The van der Waals surface area contributed by atoms with E-state index in [1.807, 2.05) is 18.2 Å². The summed E-state index contributed by atoms with van der Waals surface area (Å²) in [6.07, 6.45) is 0.644. The Balaban J connectivity index is 1.74. The lowest BCUT2D eigenvalue weighted by molar-refractivity contribution is 0.241. The van der Waals surface area contributed by atoms with Crippen LogP contribution in [0.2, 0.25) is 0 Å². The van der Waals surface area contributed by atoms with Crippen LogP contribution in [0.1, 0.15) is 12.0 Å². The van der Waals surface area contributed by atoms with Crippen molar-refractivity contribution in [3.8, 4) is 11.5 Å². The van der Waals surface area contributed by atoms with Gasteiger partial charge in [-0.25, -0.2) is 4.39 Å². The monoisotopic (exact) mass is 305 g/mol. The molecule has 0 saturated carbocycles. The van der Waals surface area contributed by atoms with Crippen LogP contribution in [-0.4, -0.2) is 18.2 Å². The molecule has 110 valence electrons. The average Bonchev–Trinajstić information content (AvgIpc) is 2.49. The minimum Gasteiger partial charge on any atom is -0.493 e. The molecule has 5 heteroatoms. The van der Waals surface area contributed by atoms with Crippen LogP contribution in [0.25, 0.3) is 0 Å². The van der Waals surface area contributed by atoms with Crippen LogP contribution in [-0.2, 0) is 0 Å². The first-order valence-corrected chi connectivity index (χ1v) is 6.97. The Hall–Kier alpha value is -2.14. The van der Waals surface area contributed by atoms with Crippen molar-refractivity contribution in [1.82, 2.24) is 0 Å². The van der Waals surface area contributed by atoms with Crippen molar-refractivity contribution in [2.45, 2.75) is 6.42 Å². The van der Waals surface area contributed by atoms with E-state index in [2.05, 4.69) is 0 Å². The van der Waals surface area contributed by atoms with E-state index in [-0.39, 0.29) is 11.6 Å². The van der Waals surface area contributed by atoms with Crippen molar-refractivity contribution < 1.29 is 13.9 Å². The van der Waals surface area contributed by atoms with Crippen LogP contribution < -0.4 is 15.2 Å². The predicted octanol–water partition coefficient (Wildman–Crippen LogP) is 3.31. The zero-order chi connectivity index (χ0) is 15.1. The van der Waals surface area contributed by atoms with Crippen molar-refractivity contribution in [1.29, 1.82) is 0 Å². The predicted molar refractivity (Wildman–Crippen MR) is 84.3 cm³/mol. The molecule has 0 radical (unpaired) electrons. The maximum absolute atomic E-state index is 13.3. The molecule has 21 heavy (non-hydrogen) atoms. The Labute approximate surface area is 128 Å². The van der Waals surface area contributed by atoms with Crippen molar-refractivity contribution in [3.63, 3.8) is 0 Å². The molecule has 0 aliphatic heterocycles. The second-order valence-electron chi connectivity index (χ2n) is 4.37. The smallest absolute Gasteiger partial charge is 0.165 e. The van der Waals surface area contributed by atoms with E-state index in [1.165, 1.54) is 6.07 Å². The van der Waals surface area contributed by atoms with E-state index in [9.17, 15) is 4.39 Å². The summed E-state index contributed by atoms with van der Waals surface area (Å²) in [4.78, 5) is 0.336. The topological polar surface area (TPSA) is 44.5 Å². The molecule has 2 aromatic rings. The van der Waals surface area contributed by atoms with Gasteiger partial charge in [-0.3, -0.25) is 0 Å². The van der Waals surface area contributed by atoms with Gasteiger partial charge >= 0.3 is 0 Å². The third-order valence-corrected chi connectivity index (χ3v) is 3.01. The van der Waals surface area contributed by atoms with Gasteiger partial charge in [-0.05, 0) is 24.3 Å². The molecule has 0 heterocycles. The first-order valence-electron chi connectivity index (χ1n) is 6.57. The molecule has 0 unspecified atom stereocenters. The molecule has 0 aromatic heterocycles. The molecule has 0 bridgehead atoms. The minimum absolute atomic E-state index is 0.257. The molecule has 2 aromatic carbocycles. The van der Waals surface area contributed by atoms with Crippen LogP contribution in [0, 0.1) is 5.82 Å². The molecule has 2 rings (SSSR count). The van der Waals surface area contributed by atoms with Crippen LogP contribution >= 0.6 is 12.2 Å². The third-order valence-electron chi connectivity index (χ3n) is 2.77.